The van der Waals surface area contributed by atoms with E-state index in [-0.39, 0.29) is 12.1 Å². The van der Waals surface area contributed by atoms with E-state index in [9.17, 15) is 0 Å². The van der Waals surface area contributed by atoms with Crippen LogP contribution in [0.2, 0.25) is 0 Å². The second-order valence-electron chi connectivity index (χ2n) is 5.50. The molecule has 0 amide bonds. The van der Waals surface area contributed by atoms with Gasteiger partial charge in [-0.2, -0.15) is 0 Å². The van der Waals surface area contributed by atoms with Gasteiger partial charge in [0.2, 0.25) is 0 Å². The van der Waals surface area contributed by atoms with Crippen molar-refractivity contribution < 1.29 is 14.2 Å². The predicted molar refractivity (Wildman–Crippen MR) is 85.1 cm³/mol. The van der Waals surface area contributed by atoms with E-state index in [1.807, 2.05) is 6.07 Å². The molecule has 0 bridgehead atoms. The van der Waals surface area contributed by atoms with Crippen molar-refractivity contribution in [1.29, 1.82) is 0 Å². The number of fused-ring (bicyclic) bond motifs is 1. The summed E-state index contributed by atoms with van der Waals surface area (Å²) in [6.07, 6.45) is 3.57. The number of ether oxygens (including phenoxy) is 3. The molecular weight excluding hydrogens is 334 g/mol. The third kappa shape index (κ3) is 3.35. The molecule has 0 aliphatic carbocycles. The Morgan fingerprint density at radius 2 is 2.00 bits per heavy atom. The molecule has 5 heteroatoms. The molecule has 1 saturated heterocycles. The zero-order valence-electron chi connectivity index (χ0n) is 12.4. The zero-order valence-corrected chi connectivity index (χ0v) is 13.9. The third-order valence-corrected chi connectivity index (χ3v) is 4.63. The average Bonchev–Trinajstić information content (AvgIpc) is 3.02. The Kier molecular flexibility index (Phi) is 5.03. The Bertz CT molecular complexity index is 489. The minimum atomic E-state index is 0.192. The fourth-order valence-corrected chi connectivity index (χ4v) is 3.49. The topological polar surface area (TPSA) is 39.7 Å². The Morgan fingerprint density at radius 1 is 1.24 bits per heavy atom. The lowest BCUT2D eigenvalue weighted by molar-refractivity contribution is 0.0778. The molecule has 4 nitrogen and oxygen atoms in total. The van der Waals surface area contributed by atoms with Gasteiger partial charge in [-0.3, -0.25) is 0 Å². The molecule has 116 valence electrons. The van der Waals surface area contributed by atoms with Crippen molar-refractivity contribution in [3.8, 4) is 11.5 Å². The molecule has 2 aliphatic heterocycles. The van der Waals surface area contributed by atoms with Crippen molar-refractivity contribution in [2.45, 2.75) is 38.3 Å². The van der Waals surface area contributed by atoms with Crippen LogP contribution in [0.1, 0.15) is 37.8 Å². The number of hydrogen-bond acceptors (Lipinski definition) is 4. The summed E-state index contributed by atoms with van der Waals surface area (Å²) in [5, 5.41) is 3.62. The molecule has 1 fully saturated rings. The molecule has 2 aliphatic rings. The molecule has 2 heterocycles. The summed E-state index contributed by atoms with van der Waals surface area (Å²) in [7, 11) is 0. The number of nitrogens with one attached hydrogen (secondary N) is 1. The quantitative estimate of drug-likeness (QED) is 0.877. The van der Waals surface area contributed by atoms with Crippen LogP contribution >= 0.6 is 15.9 Å². The van der Waals surface area contributed by atoms with Gasteiger partial charge in [0.05, 0.1) is 12.1 Å². The minimum Gasteiger partial charge on any atom is -0.486 e. The van der Waals surface area contributed by atoms with E-state index in [0.717, 1.165) is 48.4 Å². The van der Waals surface area contributed by atoms with E-state index < -0.39 is 0 Å². The normalized spacial score (nSPS) is 22.3. The van der Waals surface area contributed by atoms with Crippen molar-refractivity contribution in [3.05, 3.63) is 22.2 Å². The second kappa shape index (κ2) is 6.99. The summed E-state index contributed by atoms with van der Waals surface area (Å²) < 4.78 is 18.3. The molecule has 0 spiro atoms. The molecule has 2 unspecified atom stereocenters. The lowest BCUT2D eigenvalue weighted by atomic mass is 9.98. The highest BCUT2D eigenvalue weighted by molar-refractivity contribution is 9.10. The van der Waals surface area contributed by atoms with Crippen LogP contribution in [0.5, 0.6) is 11.5 Å². The van der Waals surface area contributed by atoms with Gasteiger partial charge in [0, 0.05) is 11.1 Å². The highest BCUT2D eigenvalue weighted by atomic mass is 79.9. The SMILES string of the molecule is CCCNC(c1cc2c(cc1Br)OCCO2)C1CCCO1. The van der Waals surface area contributed by atoms with Crippen LogP contribution < -0.4 is 14.8 Å². The average molecular weight is 356 g/mol. The van der Waals surface area contributed by atoms with Crippen molar-refractivity contribution in [2.24, 2.45) is 0 Å². The Morgan fingerprint density at radius 3 is 2.67 bits per heavy atom. The lowest BCUT2D eigenvalue weighted by Crippen LogP contribution is -2.32. The van der Waals surface area contributed by atoms with Crippen molar-refractivity contribution in [3.63, 3.8) is 0 Å². The number of hydrogen-bond donors (Lipinski definition) is 1. The monoisotopic (exact) mass is 355 g/mol. The van der Waals surface area contributed by atoms with Gasteiger partial charge in [-0.25, -0.2) is 0 Å². The van der Waals surface area contributed by atoms with Crippen LogP contribution in [0.4, 0.5) is 0 Å². The maximum absolute atomic E-state index is 5.91. The van der Waals surface area contributed by atoms with E-state index >= 15 is 0 Å². The molecule has 1 aromatic carbocycles. The van der Waals surface area contributed by atoms with Crippen molar-refractivity contribution in [1.82, 2.24) is 5.32 Å². The molecule has 3 rings (SSSR count). The Labute approximate surface area is 134 Å². The summed E-state index contributed by atoms with van der Waals surface area (Å²) in [4.78, 5) is 0. The summed E-state index contributed by atoms with van der Waals surface area (Å²) in [5.74, 6) is 1.65. The first-order chi connectivity index (χ1) is 10.3. The maximum atomic E-state index is 5.91. The van der Waals surface area contributed by atoms with Gasteiger partial charge in [-0.05, 0) is 43.5 Å². The van der Waals surface area contributed by atoms with Gasteiger partial charge in [-0.15, -0.1) is 0 Å². The van der Waals surface area contributed by atoms with Crippen molar-refractivity contribution in [2.75, 3.05) is 26.4 Å². The van der Waals surface area contributed by atoms with Crippen LogP contribution in [0.3, 0.4) is 0 Å². The van der Waals surface area contributed by atoms with Gasteiger partial charge in [0.25, 0.3) is 0 Å². The molecule has 1 N–H and O–H groups in total. The van der Waals surface area contributed by atoms with Gasteiger partial charge < -0.3 is 19.5 Å². The van der Waals surface area contributed by atoms with Crippen LogP contribution in [-0.4, -0.2) is 32.5 Å². The van der Waals surface area contributed by atoms with Crippen LogP contribution in [0.15, 0.2) is 16.6 Å². The molecule has 2 atom stereocenters. The minimum absolute atomic E-state index is 0.192. The van der Waals surface area contributed by atoms with Crippen LogP contribution in [0.25, 0.3) is 0 Å². The maximum Gasteiger partial charge on any atom is 0.162 e. The molecule has 0 aromatic heterocycles. The highest BCUT2D eigenvalue weighted by Gasteiger charge is 2.29. The molecule has 0 saturated carbocycles. The first-order valence-corrected chi connectivity index (χ1v) is 8.53. The summed E-state index contributed by atoms with van der Waals surface area (Å²) in [6.45, 7) is 5.24. The smallest absolute Gasteiger partial charge is 0.162 e. The molecule has 1 aromatic rings. The first kappa shape index (κ1) is 15.1. The summed E-state index contributed by atoms with van der Waals surface area (Å²) in [5.41, 5.74) is 1.19. The van der Waals surface area contributed by atoms with Crippen LogP contribution in [-0.2, 0) is 4.74 Å². The van der Waals surface area contributed by atoms with Gasteiger partial charge >= 0.3 is 0 Å². The van der Waals surface area contributed by atoms with Crippen LogP contribution in [0, 0.1) is 0 Å². The third-order valence-electron chi connectivity index (χ3n) is 3.95. The zero-order chi connectivity index (χ0) is 14.7. The Balaban J connectivity index is 1.89. The van der Waals surface area contributed by atoms with E-state index in [1.165, 1.54) is 5.56 Å². The fourth-order valence-electron chi connectivity index (χ4n) is 2.93. The molecular formula is C16H22BrNO3. The lowest BCUT2D eigenvalue weighted by Gasteiger charge is -2.27. The Hall–Kier alpha value is -0.780. The van der Waals surface area contributed by atoms with E-state index in [4.69, 9.17) is 14.2 Å². The predicted octanol–water partition coefficient (Wildman–Crippen LogP) is 3.44. The molecule has 21 heavy (non-hydrogen) atoms. The second-order valence-corrected chi connectivity index (χ2v) is 6.35. The van der Waals surface area contributed by atoms with Gasteiger partial charge in [-0.1, -0.05) is 22.9 Å². The standard InChI is InChI=1S/C16H22BrNO3/c1-2-5-18-16(13-4-3-6-19-13)11-9-14-15(10-12(11)17)21-8-7-20-14/h9-10,13,16,18H,2-8H2,1H3. The largest absolute Gasteiger partial charge is 0.486 e. The van der Waals surface area contributed by atoms with Gasteiger partial charge in [0.1, 0.15) is 13.2 Å². The fraction of sp³-hybridized carbons (Fsp3) is 0.625. The number of rotatable bonds is 5. The molecule has 0 radical (unpaired) electrons. The highest BCUT2D eigenvalue weighted by Crippen LogP contribution is 2.40. The number of halogens is 1. The summed E-state index contributed by atoms with van der Waals surface area (Å²) >= 11 is 3.68. The first-order valence-electron chi connectivity index (χ1n) is 7.73. The van der Waals surface area contributed by atoms with E-state index in [2.05, 4.69) is 34.2 Å². The van der Waals surface area contributed by atoms with Crippen molar-refractivity contribution >= 4 is 15.9 Å². The van der Waals surface area contributed by atoms with E-state index in [1.54, 1.807) is 0 Å². The summed E-state index contributed by atoms with van der Waals surface area (Å²) in [6, 6.07) is 4.30. The number of benzene rings is 1. The van der Waals surface area contributed by atoms with Gasteiger partial charge in [0.15, 0.2) is 11.5 Å². The van der Waals surface area contributed by atoms with E-state index in [0.29, 0.717) is 13.2 Å².